The van der Waals surface area contributed by atoms with Crippen molar-refractivity contribution in [3.63, 3.8) is 0 Å². The Bertz CT molecular complexity index is 383. The molecule has 1 fully saturated rings. The third-order valence-electron chi connectivity index (χ3n) is 4.30. The number of methoxy groups -OCH3 is 1. The first-order chi connectivity index (χ1) is 9.33. The van der Waals surface area contributed by atoms with E-state index in [1.807, 2.05) is 0 Å². The summed E-state index contributed by atoms with van der Waals surface area (Å²) in [5, 5.41) is 0. The van der Waals surface area contributed by atoms with Gasteiger partial charge in [-0.2, -0.15) is 0 Å². The van der Waals surface area contributed by atoms with Gasteiger partial charge in [-0.1, -0.05) is 43.3 Å². The van der Waals surface area contributed by atoms with Crippen molar-refractivity contribution in [2.75, 3.05) is 13.7 Å². The molecular formula is C18H26O. The molecule has 0 spiro atoms. The van der Waals surface area contributed by atoms with Crippen molar-refractivity contribution in [3.05, 3.63) is 47.5 Å². The Kier molecular flexibility index (Phi) is 5.65. The lowest BCUT2D eigenvalue weighted by molar-refractivity contribution is 0.233. The zero-order chi connectivity index (χ0) is 13.5. The van der Waals surface area contributed by atoms with E-state index in [0.717, 1.165) is 24.9 Å². The van der Waals surface area contributed by atoms with Crippen LogP contribution >= 0.6 is 0 Å². The molecule has 0 amide bonds. The molecule has 1 saturated carbocycles. The van der Waals surface area contributed by atoms with Gasteiger partial charge in [-0.05, 0) is 55.1 Å². The van der Waals surface area contributed by atoms with Crippen LogP contribution in [0.4, 0.5) is 0 Å². The van der Waals surface area contributed by atoms with E-state index in [0.29, 0.717) is 0 Å². The summed E-state index contributed by atoms with van der Waals surface area (Å²) < 4.78 is 5.06. The number of aryl methyl sites for hydroxylation is 1. The normalized spacial score (nSPS) is 23.9. The van der Waals surface area contributed by atoms with Crippen LogP contribution in [0, 0.1) is 5.92 Å². The van der Waals surface area contributed by atoms with Gasteiger partial charge in [0.1, 0.15) is 0 Å². The van der Waals surface area contributed by atoms with Crippen LogP contribution in [0.25, 0.3) is 0 Å². The number of hydrogen-bond donors (Lipinski definition) is 0. The van der Waals surface area contributed by atoms with Gasteiger partial charge in [0.15, 0.2) is 0 Å². The molecule has 0 bridgehead atoms. The van der Waals surface area contributed by atoms with Crippen molar-refractivity contribution in [1.82, 2.24) is 0 Å². The van der Waals surface area contributed by atoms with Gasteiger partial charge in [-0.25, -0.2) is 0 Å². The van der Waals surface area contributed by atoms with E-state index >= 15 is 0 Å². The monoisotopic (exact) mass is 258 g/mol. The highest BCUT2D eigenvalue weighted by molar-refractivity contribution is 5.25. The van der Waals surface area contributed by atoms with Crippen LogP contribution in [0.5, 0.6) is 0 Å². The summed E-state index contributed by atoms with van der Waals surface area (Å²) in [4.78, 5) is 0. The second-order valence-electron chi connectivity index (χ2n) is 5.59. The molecule has 1 aliphatic rings. The summed E-state index contributed by atoms with van der Waals surface area (Å²) in [6, 6.07) is 9.26. The molecule has 19 heavy (non-hydrogen) atoms. The number of rotatable bonds is 5. The molecule has 1 aromatic rings. The van der Waals surface area contributed by atoms with Gasteiger partial charge in [0.2, 0.25) is 0 Å². The van der Waals surface area contributed by atoms with E-state index in [2.05, 4.69) is 43.3 Å². The van der Waals surface area contributed by atoms with Crippen LogP contribution in [0.15, 0.2) is 36.4 Å². The molecule has 1 aromatic carbocycles. The third kappa shape index (κ3) is 4.21. The van der Waals surface area contributed by atoms with Crippen LogP contribution in [-0.4, -0.2) is 13.7 Å². The minimum absolute atomic E-state index is 0.748. The summed E-state index contributed by atoms with van der Waals surface area (Å²) in [7, 11) is 1.75. The Morgan fingerprint density at radius 3 is 2.37 bits per heavy atom. The lowest BCUT2D eigenvalue weighted by Gasteiger charge is -2.27. The number of hydrogen-bond acceptors (Lipinski definition) is 1. The summed E-state index contributed by atoms with van der Waals surface area (Å²) in [5.74, 6) is 1.54. The Morgan fingerprint density at radius 2 is 1.79 bits per heavy atom. The van der Waals surface area contributed by atoms with E-state index in [9.17, 15) is 0 Å². The maximum atomic E-state index is 5.06. The predicted octanol–water partition coefficient (Wildman–Crippen LogP) is 4.73. The average molecular weight is 258 g/mol. The summed E-state index contributed by atoms with van der Waals surface area (Å²) in [6.45, 7) is 2.96. The molecule has 0 N–H and O–H groups in total. The SMILES string of the molecule is CCc1ccc(C2CCC(/C=C/COC)CC2)cc1. The van der Waals surface area contributed by atoms with Crippen molar-refractivity contribution in [2.24, 2.45) is 5.92 Å². The Morgan fingerprint density at radius 1 is 1.11 bits per heavy atom. The first kappa shape index (κ1) is 14.3. The molecule has 0 radical (unpaired) electrons. The van der Waals surface area contributed by atoms with Gasteiger partial charge >= 0.3 is 0 Å². The van der Waals surface area contributed by atoms with Gasteiger partial charge in [0.25, 0.3) is 0 Å². The zero-order valence-electron chi connectivity index (χ0n) is 12.3. The topological polar surface area (TPSA) is 9.23 Å². The van der Waals surface area contributed by atoms with E-state index < -0.39 is 0 Å². The van der Waals surface area contributed by atoms with E-state index in [1.165, 1.54) is 36.8 Å². The van der Waals surface area contributed by atoms with Crippen LogP contribution in [0.1, 0.15) is 49.7 Å². The van der Waals surface area contributed by atoms with Crippen LogP contribution in [-0.2, 0) is 11.2 Å². The Labute approximate surface area is 117 Å². The van der Waals surface area contributed by atoms with Crippen molar-refractivity contribution in [2.45, 2.75) is 44.9 Å². The van der Waals surface area contributed by atoms with Crippen molar-refractivity contribution in [1.29, 1.82) is 0 Å². The molecule has 104 valence electrons. The van der Waals surface area contributed by atoms with Gasteiger partial charge < -0.3 is 4.74 Å². The largest absolute Gasteiger partial charge is 0.381 e. The second-order valence-corrected chi connectivity index (χ2v) is 5.59. The van der Waals surface area contributed by atoms with Crippen LogP contribution in [0.2, 0.25) is 0 Å². The fourth-order valence-corrected chi connectivity index (χ4v) is 3.01. The molecule has 1 aliphatic carbocycles. The molecule has 0 saturated heterocycles. The van der Waals surface area contributed by atoms with E-state index in [1.54, 1.807) is 7.11 Å². The molecule has 0 aromatic heterocycles. The van der Waals surface area contributed by atoms with Gasteiger partial charge in [0.05, 0.1) is 6.61 Å². The summed E-state index contributed by atoms with van der Waals surface area (Å²) in [6.07, 6.45) is 10.9. The molecular weight excluding hydrogens is 232 g/mol. The molecule has 0 atom stereocenters. The number of ether oxygens (including phenoxy) is 1. The standard InChI is InChI=1S/C18H26O/c1-3-15-6-10-17(11-7-15)18-12-8-16(9-13-18)5-4-14-19-2/h4-7,10-11,16,18H,3,8-9,12-14H2,1-2H3/b5-4+. The Balaban J connectivity index is 1.85. The summed E-state index contributed by atoms with van der Waals surface area (Å²) >= 11 is 0. The number of benzene rings is 1. The van der Waals surface area contributed by atoms with Crippen LogP contribution in [0.3, 0.4) is 0 Å². The summed E-state index contributed by atoms with van der Waals surface area (Å²) in [5.41, 5.74) is 2.98. The molecule has 2 rings (SSSR count). The Hall–Kier alpha value is -1.08. The third-order valence-corrected chi connectivity index (χ3v) is 4.30. The average Bonchev–Trinajstić information content (AvgIpc) is 2.48. The van der Waals surface area contributed by atoms with Crippen molar-refractivity contribution >= 4 is 0 Å². The molecule has 1 heteroatoms. The highest BCUT2D eigenvalue weighted by Crippen LogP contribution is 2.36. The van der Waals surface area contributed by atoms with Gasteiger partial charge in [-0.15, -0.1) is 0 Å². The first-order valence-corrected chi connectivity index (χ1v) is 7.58. The molecule has 1 nitrogen and oxygen atoms in total. The fraction of sp³-hybridized carbons (Fsp3) is 0.556. The molecule has 0 aliphatic heterocycles. The fourth-order valence-electron chi connectivity index (χ4n) is 3.01. The maximum Gasteiger partial charge on any atom is 0.0643 e. The molecule has 0 heterocycles. The smallest absolute Gasteiger partial charge is 0.0643 e. The highest BCUT2D eigenvalue weighted by Gasteiger charge is 2.20. The zero-order valence-corrected chi connectivity index (χ0v) is 12.3. The first-order valence-electron chi connectivity index (χ1n) is 7.58. The second kappa shape index (κ2) is 7.49. The van der Waals surface area contributed by atoms with E-state index in [4.69, 9.17) is 4.74 Å². The lowest BCUT2D eigenvalue weighted by atomic mass is 9.78. The minimum atomic E-state index is 0.748. The lowest BCUT2D eigenvalue weighted by Crippen LogP contribution is -2.11. The van der Waals surface area contributed by atoms with Crippen molar-refractivity contribution in [3.8, 4) is 0 Å². The maximum absolute atomic E-state index is 5.06. The highest BCUT2D eigenvalue weighted by atomic mass is 16.5. The van der Waals surface area contributed by atoms with Crippen molar-refractivity contribution < 1.29 is 4.74 Å². The van der Waals surface area contributed by atoms with Crippen LogP contribution < -0.4 is 0 Å². The van der Waals surface area contributed by atoms with E-state index in [-0.39, 0.29) is 0 Å². The quantitative estimate of drug-likeness (QED) is 0.694. The van der Waals surface area contributed by atoms with Gasteiger partial charge in [-0.3, -0.25) is 0 Å². The predicted molar refractivity (Wildman–Crippen MR) is 81.5 cm³/mol. The number of allylic oxidation sites excluding steroid dienone is 1. The molecule has 0 unspecified atom stereocenters. The van der Waals surface area contributed by atoms with Gasteiger partial charge in [0, 0.05) is 7.11 Å². The minimum Gasteiger partial charge on any atom is -0.381 e.